The highest BCUT2D eigenvalue weighted by Gasteiger charge is 2.83. The Morgan fingerprint density at radius 3 is 1.52 bits per heavy atom. The summed E-state index contributed by atoms with van der Waals surface area (Å²) in [5, 5.41) is 9.24. The second kappa shape index (κ2) is 5.51. The summed E-state index contributed by atoms with van der Waals surface area (Å²) in [6, 6.07) is 0. The van der Waals surface area contributed by atoms with Gasteiger partial charge >= 0.3 is 23.9 Å². The van der Waals surface area contributed by atoms with E-state index in [0.717, 1.165) is 0 Å². The third-order valence-electron chi connectivity index (χ3n) is 3.64. The minimum absolute atomic E-state index is 0.134. The van der Waals surface area contributed by atoms with E-state index in [1.807, 2.05) is 0 Å². The Balaban J connectivity index is 3.08. The van der Waals surface area contributed by atoms with Crippen molar-refractivity contribution >= 4 is 0 Å². The summed E-state index contributed by atoms with van der Waals surface area (Å²) in [5.41, 5.74) is 0. The molecule has 0 heterocycles. The van der Waals surface area contributed by atoms with E-state index in [1.165, 1.54) is 0 Å². The Hall–Kier alpha value is -0.670. The SMILES string of the molecule is OC(C1CCCCC1)C(F)(F)C(F)(F)C(F)(F)C(F)(F)F. The van der Waals surface area contributed by atoms with E-state index in [1.54, 1.807) is 0 Å². The maximum absolute atomic E-state index is 13.4. The van der Waals surface area contributed by atoms with Gasteiger partial charge in [0.1, 0.15) is 6.10 Å². The average molecular weight is 332 g/mol. The van der Waals surface area contributed by atoms with Crippen molar-refractivity contribution in [1.82, 2.24) is 0 Å². The Morgan fingerprint density at radius 1 is 0.714 bits per heavy atom. The van der Waals surface area contributed by atoms with Crippen LogP contribution in [0.25, 0.3) is 0 Å². The summed E-state index contributed by atoms with van der Waals surface area (Å²) >= 11 is 0. The van der Waals surface area contributed by atoms with Gasteiger partial charge in [0.25, 0.3) is 0 Å². The number of hydrogen-bond donors (Lipinski definition) is 1. The number of halogens is 9. The van der Waals surface area contributed by atoms with Gasteiger partial charge in [-0.25, -0.2) is 0 Å². The van der Waals surface area contributed by atoms with Crippen LogP contribution in [0.5, 0.6) is 0 Å². The van der Waals surface area contributed by atoms with Crippen LogP contribution in [-0.4, -0.2) is 35.2 Å². The van der Waals surface area contributed by atoms with Gasteiger partial charge in [-0.2, -0.15) is 39.5 Å². The molecule has 1 atom stereocenters. The van der Waals surface area contributed by atoms with Crippen LogP contribution in [0.4, 0.5) is 39.5 Å². The Labute approximate surface area is 114 Å². The van der Waals surface area contributed by atoms with Crippen molar-refractivity contribution in [3.05, 3.63) is 0 Å². The van der Waals surface area contributed by atoms with Crippen LogP contribution in [0.1, 0.15) is 32.1 Å². The molecule has 126 valence electrons. The Morgan fingerprint density at radius 2 is 1.14 bits per heavy atom. The molecule has 0 aliphatic heterocycles. The normalized spacial score (nSPS) is 21.4. The third kappa shape index (κ3) is 2.95. The second-order valence-corrected chi connectivity index (χ2v) is 5.11. The van der Waals surface area contributed by atoms with Gasteiger partial charge in [0.05, 0.1) is 0 Å². The fraction of sp³-hybridized carbons (Fsp3) is 1.00. The molecule has 0 aromatic heterocycles. The quantitative estimate of drug-likeness (QED) is 0.757. The van der Waals surface area contributed by atoms with Crippen molar-refractivity contribution in [1.29, 1.82) is 0 Å². The molecule has 0 bridgehead atoms. The lowest BCUT2D eigenvalue weighted by Crippen LogP contribution is -2.65. The van der Waals surface area contributed by atoms with Crippen molar-refractivity contribution in [3.8, 4) is 0 Å². The summed E-state index contributed by atoms with van der Waals surface area (Å²) in [6.07, 6.45) is -9.19. The summed E-state index contributed by atoms with van der Waals surface area (Å²) in [5.74, 6) is -21.0. The molecule has 0 amide bonds. The van der Waals surface area contributed by atoms with E-state index in [-0.39, 0.29) is 12.8 Å². The standard InChI is InChI=1S/C11H13F9O/c12-8(13,7(21)6-4-2-1-3-5-6)9(14,15)10(16,17)11(18,19)20/h6-7,21H,1-5H2. The highest BCUT2D eigenvalue weighted by molar-refractivity contribution is 5.04. The largest absolute Gasteiger partial charge is 0.460 e. The topological polar surface area (TPSA) is 20.2 Å². The first-order valence-corrected chi connectivity index (χ1v) is 6.15. The van der Waals surface area contributed by atoms with Gasteiger partial charge in [0.2, 0.25) is 0 Å². The summed E-state index contributed by atoms with van der Waals surface area (Å²) in [4.78, 5) is 0. The zero-order chi connectivity index (χ0) is 16.7. The minimum Gasteiger partial charge on any atom is -0.386 e. The van der Waals surface area contributed by atoms with E-state index < -0.39 is 36.0 Å². The number of aliphatic hydroxyl groups is 1. The summed E-state index contributed by atoms with van der Waals surface area (Å²) < 4.78 is 114. The lowest BCUT2D eigenvalue weighted by Gasteiger charge is -2.39. The number of hydrogen-bond acceptors (Lipinski definition) is 1. The molecule has 0 saturated heterocycles. The van der Waals surface area contributed by atoms with Gasteiger partial charge in [-0.15, -0.1) is 0 Å². The second-order valence-electron chi connectivity index (χ2n) is 5.11. The van der Waals surface area contributed by atoms with Crippen LogP contribution in [0.2, 0.25) is 0 Å². The lowest BCUT2D eigenvalue weighted by molar-refractivity contribution is -0.408. The lowest BCUT2D eigenvalue weighted by atomic mass is 9.81. The van der Waals surface area contributed by atoms with E-state index in [4.69, 9.17) is 0 Å². The van der Waals surface area contributed by atoms with E-state index in [0.29, 0.717) is 19.3 Å². The van der Waals surface area contributed by atoms with Crippen LogP contribution in [-0.2, 0) is 0 Å². The molecule has 10 heteroatoms. The maximum Gasteiger partial charge on any atom is 0.460 e. The first-order chi connectivity index (χ1) is 9.27. The third-order valence-corrected chi connectivity index (χ3v) is 3.64. The molecule has 0 aromatic carbocycles. The predicted octanol–water partition coefficient (Wildman–Crippen LogP) is 4.40. The Bertz CT molecular complexity index is 357. The van der Waals surface area contributed by atoms with Crippen LogP contribution in [0.3, 0.4) is 0 Å². The molecular weight excluding hydrogens is 319 g/mol. The molecule has 1 unspecified atom stereocenters. The number of rotatable bonds is 4. The smallest absolute Gasteiger partial charge is 0.386 e. The Kier molecular flexibility index (Phi) is 4.82. The van der Waals surface area contributed by atoms with Crippen molar-refractivity contribution in [2.75, 3.05) is 0 Å². The highest BCUT2D eigenvalue weighted by Crippen LogP contribution is 2.55. The van der Waals surface area contributed by atoms with Gasteiger partial charge in [0.15, 0.2) is 0 Å². The maximum atomic E-state index is 13.4. The van der Waals surface area contributed by atoms with Crippen molar-refractivity contribution in [2.45, 2.75) is 62.2 Å². The zero-order valence-electron chi connectivity index (χ0n) is 10.5. The van der Waals surface area contributed by atoms with Gasteiger partial charge < -0.3 is 5.11 Å². The molecule has 1 fully saturated rings. The monoisotopic (exact) mass is 332 g/mol. The van der Waals surface area contributed by atoms with E-state index in [2.05, 4.69) is 0 Å². The van der Waals surface area contributed by atoms with Gasteiger partial charge in [-0.3, -0.25) is 0 Å². The highest BCUT2D eigenvalue weighted by atomic mass is 19.4. The molecule has 21 heavy (non-hydrogen) atoms. The summed E-state index contributed by atoms with van der Waals surface area (Å²) in [7, 11) is 0. The average Bonchev–Trinajstić information content (AvgIpc) is 2.37. The van der Waals surface area contributed by atoms with E-state index in [9.17, 15) is 44.6 Å². The molecule has 1 saturated carbocycles. The fourth-order valence-corrected chi connectivity index (χ4v) is 2.32. The molecule has 0 radical (unpaired) electrons. The minimum atomic E-state index is -6.95. The van der Waals surface area contributed by atoms with Crippen LogP contribution in [0, 0.1) is 5.92 Å². The first-order valence-electron chi connectivity index (χ1n) is 6.15. The number of alkyl halides is 9. The molecule has 1 aliphatic carbocycles. The van der Waals surface area contributed by atoms with Crippen LogP contribution in [0.15, 0.2) is 0 Å². The van der Waals surface area contributed by atoms with Crippen LogP contribution < -0.4 is 0 Å². The molecule has 1 N–H and O–H groups in total. The van der Waals surface area contributed by atoms with Gasteiger partial charge in [-0.1, -0.05) is 19.3 Å². The molecular formula is C11H13F9O. The van der Waals surface area contributed by atoms with Gasteiger partial charge in [0, 0.05) is 0 Å². The predicted molar refractivity (Wildman–Crippen MR) is 53.5 cm³/mol. The van der Waals surface area contributed by atoms with Crippen molar-refractivity contribution in [3.63, 3.8) is 0 Å². The fourth-order valence-electron chi connectivity index (χ4n) is 2.32. The molecule has 0 aromatic rings. The molecule has 0 spiro atoms. The van der Waals surface area contributed by atoms with Crippen molar-refractivity contribution in [2.24, 2.45) is 5.92 Å². The van der Waals surface area contributed by atoms with E-state index >= 15 is 0 Å². The summed E-state index contributed by atoms with van der Waals surface area (Å²) in [6.45, 7) is 0. The van der Waals surface area contributed by atoms with Crippen LogP contribution >= 0.6 is 0 Å². The number of aliphatic hydroxyl groups excluding tert-OH is 1. The molecule has 1 aliphatic rings. The van der Waals surface area contributed by atoms with Gasteiger partial charge in [-0.05, 0) is 18.8 Å². The molecule has 1 rings (SSSR count). The molecule has 1 nitrogen and oxygen atoms in total. The zero-order valence-corrected chi connectivity index (χ0v) is 10.5. The first kappa shape index (κ1) is 18.4. The van der Waals surface area contributed by atoms with Crippen molar-refractivity contribution < 1.29 is 44.6 Å².